The molecule has 1 amide bonds. The molecule has 1 aliphatic heterocycles. The van der Waals surface area contributed by atoms with Crippen LogP contribution in [0.5, 0.6) is 5.75 Å². The van der Waals surface area contributed by atoms with Gasteiger partial charge in [0, 0.05) is 36.2 Å². The Kier molecular flexibility index (Phi) is 6.62. The van der Waals surface area contributed by atoms with Crippen molar-refractivity contribution >= 4 is 29.0 Å². The first-order valence-electron chi connectivity index (χ1n) is 10.6. The molecular formula is C24H27N5O2. The molecule has 1 saturated heterocycles. The minimum Gasteiger partial charge on any atom is -0.484 e. The highest BCUT2D eigenvalue weighted by molar-refractivity contribution is 5.92. The molecule has 0 saturated carbocycles. The summed E-state index contributed by atoms with van der Waals surface area (Å²) in [6.45, 7) is 4.02. The summed E-state index contributed by atoms with van der Waals surface area (Å²) in [4.78, 5) is 23.6. The fourth-order valence-electron chi connectivity index (χ4n) is 3.52. The lowest BCUT2D eigenvalue weighted by Gasteiger charge is -2.28. The van der Waals surface area contributed by atoms with E-state index in [1.807, 2.05) is 67.6 Å². The van der Waals surface area contributed by atoms with Gasteiger partial charge in [0.2, 0.25) is 5.95 Å². The monoisotopic (exact) mass is 417 g/mol. The third-order valence-electron chi connectivity index (χ3n) is 5.06. The summed E-state index contributed by atoms with van der Waals surface area (Å²) >= 11 is 0. The number of aromatic nitrogens is 2. The Morgan fingerprint density at radius 2 is 1.68 bits per heavy atom. The van der Waals surface area contributed by atoms with Crippen molar-refractivity contribution in [2.45, 2.75) is 26.2 Å². The van der Waals surface area contributed by atoms with E-state index in [1.165, 1.54) is 19.3 Å². The lowest BCUT2D eigenvalue weighted by molar-refractivity contribution is -0.118. The summed E-state index contributed by atoms with van der Waals surface area (Å²) in [6.07, 6.45) is 3.69. The Morgan fingerprint density at radius 1 is 0.968 bits per heavy atom. The predicted octanol–water partition coefficient (Wildman–Crippen LogP) is 4.54. The van der Waals surface area contributed by atoms with Gasteiger partial charge in [-0.1, -0.05) is 18.2 Å². The van der Waals surface area contributed by atoms with Crippen LogP contribution in [0.1, 0.15) is 25.0 Å². The Labute approximate surface area is 182 Å². The molecule has 7 nitrogen and oxygen atoms in total. The SMILES string of the molecule is Cc1cc(N2CCCCC2)nc(Nc2ccc(NC(=O)COc3ccccc3)cc2)n1. The average Bonchev–Trinajstić information content (AvgIpc) is 2.80. The number of piperidine rings is 1. The van der Waals surface area contributed by atoms with Crippen molar-refractivity contribution < 1.29 is 9.53 Å². The van der Waals surface area contributed by atoms with Crippen molar-refractivity contribution in [2.24, 2.45) is 0 Å². The summed E-state index contributed by atoms with van der Waals surface area (Å²) in [6, 6.07) is 18.8. The summed E-state index contributed by atoms with van der Waals surface area (Å²) in [5.41, 5.74) is 2.49. The maximum absolute atomic E-state index is 12.1. The van der Waals surface area contributed by atoms with E-state index in [1.54, 1.807) is 0 Å². The molecule has 1 fully saturated rings. The lowest BCUT2D eigenvalue weighted by atomic mass is 10.1. The summed E-state index contributed by atoms with van der Waals surface area (Å²) in [7, 11) is 0. The van der Waals surface area contributed by atoms with Gasteiger partial charge in [0.25, 0.3) is 5.91 Å². The first kappa shape index (κ1) is 20.7. The summed E-state index contributed by atoms with van der Waals surface area (Å²) in [5.74, 6) is 2.00. The van der Waals surface area contributed by atoms with E-state index in [0.717, 1.165) is 30.3 Å². The van der Waals surface area contributed by atoms with Crippen molar-refractivity contribution in [3.63, 3.8) is 0 Å². The van der Waals surface area contributed by atoms with Gasteiger partial charge in [-0.15, -0.1) is 0 Å². The van der Waals surface area contributed by atoms with Gasteiger partial charge in [0.05, 0.1) is 0 Å². The Balaban J connectivity index is 1.34. The second kappa shape index (κ2) is 9.93. The molecule has 0 spiro atoms. The normalized spacial score (nSPS) is 13.5. The molecule has 31 heavy (non-hydrogen) atoms. The number of amides is 1. The average molecular weight is 418 g/mol. The first-order valence-corrected chi connectivity index (χ1v) is 10.6. The molecule has 0 atom stereocenters. The van der Waals surface area contributed by atoms with E-state index in [9.17, 15) is 4.79 Å². The molecule has 1 aliphatic rings. The summed E-state index contributed by atoms with van der Waals surface area (Å²) < 4.78 is 5.47. The highest BCUT2D eigenvalue weighted by Crippen LogP contribution is 2.22. The maximum Gasteiger partial charge on any atom is 0.262 e. The zero-order valence-electron chi connectivity index (χ0n) is 17.7. The molecule has 160 valence electrons. The number of aryl methyl sites for hydroxylation is 1. The molecule has 0 unspecified atom stereocenters. The minimum absolute atomic E-state index is 0.0412. The van der Waals surface area contributed by atoms with Crippen LogP contribution in [-0.4, -0.2) is 35.6 Å². The van der Waals surface area contributed by atoms with Crippen LogP contribution >= 0.6 is 0 Å². The second-order valence-electron chi connectivity index (χ2n) is 7.59. The molecule has 0 aliphatic carbocycles. The fourth-order valence-corrected chi connectivity index (χ4v) is 3.52. The first-order chi connectivity index (χ1) is 15.2. The third-order valence-corrected chi connectivity index (χ3v) is 5.06. The van der Waals surface area contributed by atoms with Crippen LogP contribution in [0.2, 0.25) is 0 Å². The molecule has 0 bridgehead atoms. The molecule has 7 heteroatoms. The van der Waals surface area contributed by atoms with Crippen molar-refractivity contribution in [2.75, 3.05) is 35.2 Å². The van der Waals surface area contributed by atoms with Crippen LogP contribution in [0.25, 0.3) is 0 Å². The number of hydrogen-bond donors (Lipinski definition) is 2. The fraction of sp³-hybridized carbons (Fsp3) is 0.292. The molecule has 1 aromatic heterocycles. The van der Waals surface area contributed by atoms with E-state index in [-0.39, 0.29) is 12.5 Å². The van der Waals surface area contributed by atoms with Crippen LogP contribution in [-0.2, 0) is 4.79 Å². The van der Waals surface area contributed by atoms with Gasteiger partial charge in [-0.3, -0.25) is 4.79 Å². The number of carbonyl (C=O) groups excluding carboxylic acids is 1. The molecular weight excluding hydrogens is 390 g/mol. The van der Waals surface area contributed by atoms with Gasteiger partial charge < -0.3 is 20.3 Å². The van der Waals surface area contributed by atoms with Gasteiger partial charge in [-0.2, -0.15) is 4.98 Å². The van der Waals surface area contributed by atoms with Gasteiger partial charge in [-0.05, 0) is 62.6 Å². The maximum atomic E-state index is 12.1. The van der Waals surface area contributed by atoms with Crippen molar-refractivity contribution in [3.05, 3.63) is 66.4 Å². The number of para-hydroxylation sites is 1. The molecule has 2 N–H and O–H groups in total. The number of nitrogens with one attached hydrogen (secondary N) is 2. The molecule has 2 heterocycles. The van der Waals surface area contributed by atoms with E-state index >= 15 is 0 Å². The van der Waals surface area contributed by atoms with Crippen molar-refractivity contribution in [3.8, 4) is 5.75 Å². The Morgan fingerprint density at radius 3 is 2.42 bits per heavy atom. The van der Waals surface area contributed by atoms with Gasteiger partial charge in [0.1, 0.15) is 11.6 Å². The van der Waals surface area contributed by atoms with Crippen LogP contribution in [0.15, 0.2) is 60.7 Å². The van der Waals surface area contributed by atoms with Crippen molar-refractivity contribution in [1.82, 2.24) is 9.97 Å². The van der Waals surface area contributed by atoms with E-state index < -0.39 is 0 Å². The predicted molar refractivity (Wildman–Crippen MR) is 123 cm³/mol. The number of carbonyl (C=O) groups is 1. The van der Waals surface area contributed by atoms with E-state index in [0.29, 0.717) is 17.4 Å². The third kappa shape index (κ3) is 5.94. The number of ether oxygens (including phenoxy) is 1. The quantitative estimate of drug-likeness (QED) is 0.588. The van der Waals surface area contributed by atoms with Crippen LogP contribution in [0, 0.1) is 6.92 Å². The number of anilines is 4. The van der Waals surface area contributed by atoms with Gasteiger partial charge >= 0.3 is 0 Å². The van der Waals surface area contributed by atoms with E-state index in [2.05, 4.69) is 20.5 Å². The lowest BCUT2D eigenvalue weighted by Crippen LogP contribution is -2.30. The molecule has 4 rings (SSSR count). The number of benzene rings is 2. The van der Waals surface area contributed by atoms with E-state index in [4.69, 9.17) is 9.72 Å². The standard InChI is InChI=1S/C24H27N5O2/c1-18-16-22(29-14-6-3-7-15-29)28-24(25-18)27-20-12-10-19(11-13-20)26-23(30)17-31-21-8-4-2-5-9-21/h2,4-5,8-13,16H,3,6-7,14-15,17H2,1H3,(H,26,30)(H,25,27,28). The van der Waals surface area contributed by atoms with Gasteiger partial charge in [0.15, 0.2) is 6.61 Å². The smallest absolute Gasteiger partial charge is 0.262 e. The largest absolute Gasteiger partial charge is 0.484 e. The van der Waals surface area contributed by atoms with Crippen LogP contribution < -0.4 is 20.3 Å². The second-order valence-corrected chi connectivity index (χ2v) is 7.59. The van der Waals surface area contributed by atoms with Crippen LogP contribution in [0.3, 0.4) is 0 Å². The van der Waals surface area contributed by atoms with Crippen LogP contribution in [0.4, 0.5) is 23.1 Å². The molecule has 3 aromatic rings. The zero-order chi connectivity index (χ0) is 21.5. The highest BCUT2D eigenvalue weighted by Gasteiger charge is 2.14. The number of hydrogen-bond acceptors (Lipinski definition) is 6. The van der Waals surface area contributed by atoms with Crippen molar-refractivity contribution in [1.29, 1.82) is 0 Å². The highest BCUT2D eigenvalue weighted by atomic mass is 16.5. The zero-order valence-corrected chi connectivity index (χ0v) is 17.7. The number of rotatable bonds is 7. The topological polar surface area (TPSA) is 79.4 Å². The Hall–Kier alpha value is -3.61. The molecule has 2 aromatic carbocycles. The molecule has 0 radical (unpaired) electrons. The van der Waals surface area contributed by atoms with Gasteiger partial charge in [-0.25, -0.2) is 4.98 Å². The Bertz CT molecular complexity index is 1000. The number of nitrogens with zero attached hydrogens (tertiary/aromatic N) is 3. The summed E-state index contributed by atoms with van der Waals surface area (Å²) in [5, 5.41) is 6.10. The minimum atomic E-state index is -0.210.